The zero-order chi connectivity index (χ0) is 17.8. The summed E-state index contributed by atoms with van der Waals surface area (Å²) < 4.78 is 5.14. The number of fused-ring (bicyclic) bond motifs is 2. The van der Waals surface area contributed by atoms with Crippen LogP contribution in [0.1, 0.15) is 25.1 Å². The molecule has 5 nitrogen and oxygen atoms in total. The minimum Gasteiger partial charge on any atom is -0.378 e. The number of hydrogen-bond donors (Lipinski definition) is 0. The molecule has 25 heavy (non-hydrogen) atoms. The second-order valence-electron chi connectivity index (χ2n) is 5.32. The number of nitrogens with zero attached hydrogens (tertiary/aromatic N) is 4. The highest BCUT2D eigenvalue weighted by atomic mass is 32.1. The highest BCUT2D eigenvalue weighted by molar-refractivity contribution is 7.21. The highest BCUT2D eigenvalue weighted by Gasteiger charge is 2.13. The molecule has 4 aromatic rings. The van der Waals surface area contributed by atoms with E-state index in [1.165, 1.54) is 0 Å². The number of thiazole rings is 1. The van der Waals surface area contributed by atoms with Crippen LogP contribution >= 0.6 is 11.3 Å². The van der Waals surface area contributed by atoms with Gasteiger partial charge in [-0.2, -0.15) is 0 Å². The van der Waals surface area contributed by atoms with Gasteiger partial charge in [-0.15, -0.1) is 0 Å². The Kier molecular flexibility index (Phi) is 5.31. The van der Waals surface area contributed by atoms with Gasteiger partial charge in [0.25, 0.3) is 0 Å². The average Bonchev–Trinajstić information content (AvgIpc) is 3.07. The average molecular weight is 352 g/mol. The van der Waals surface area contributed by atoms with E-state index in [1.807, 2.05) is 32.0 Å². The first-order valence-corrected chi connectivity index (χ1v) is 9.03. The van der Waals surface area contributed by atoms with Crippen LogP contribution in [0.15, 0.2) is 36.7 Å². The van der Waals surface area contributed by atoms with Gasteiger partial charge in [-0.1, -0.05) is 25.2 Å². The molecule has 3 aromatic heterocycles. The Hall–Kier alpha value is -2.44. The minimum absolute atomic E-state index is 0.456. The highest BCUT2D eigenvalue weighted by Crippen LogP contribution is 2.33. The molecule has 0 unspecified atom stereocenters. The Morgan fingerprint density at radius 3 is 2.68 bits per heavy atom. The van der Waals surface area contributed by atoms with Gasteiger partial charge < -0.3 is 4.74 Å². The Morgan fingerprint density at radius 1 is 1.08 bits per heavy atom. The standard InChI is InChI=1S/C17H14N4OS.C2H6/c1-10-6-12(16-21-13-4-3-5-18-17(13)23-16)15-14(7-10)20-11(8-19-15)9-22-2;1-2/h3-8H,9H2,1-2H3;1-2H3. The van der Waals surface area contributed by atoms with Crippen LogP contribution in [0.2, 0.25) is 0 Å². The van der Waals surface area contributed by atoms with Crippen LogP contribution in [0.25, 0.3) is 32.0 Å². The Bertz CT molecular complexity index is 980. The number of aromatic nitrogens is 4. The molecule has 0 saturated carbocycles. The van der Waals surface area contributed by atoms with Gasteiger partial charge in [0.05, 0.1) is 29.5 Å². The lowest BCUT2D eigenvalue weighted by atomic mass is 10.1. The van der Waals surface area contributed by atoms with E-state index >= 15 is 0 Å². The van der Waals surface area contributed by atoms with E-state index in [9.17, 15) is 0 Å². The van der Waals surface area contributed by atoms with E-state index in [0.29, 0.717) is 6.61 Å². The van der Waals surface area contributed by atoms with Crippen LogP contribution in [0.3, 0.4) is 0 Å². The second-order valence-corrected chi connectivity index (χ2v) is 6.30. The lowest BCUT2D eigenvalue weighted by Crippen LogP contribution is -1.96. The largest absolute Gasteiger partial charge is 0.378 e. The van der Waals surface area contributed by atoms with E-state index < -0.39 is 0 Å². The fourth-order valence-corrected chi connectivity index (χ4v) is 3.49. The molecule has 3 heterocycles. The SMILES string of the molecule is CC.COCc1cnc2c(-c3nc4cccnc4s3)cc(C)cc2n1. The predicted octanol–water partition coefficient (Wildman–Crippen LogP) is 4.78. The summed E-state index contributed by atoms with van der Waals surface area (Å²) in [5.74, 6) is 0. The summed E-state index contributed by atoms with van der Waals surface area (Å²) in [7, 11) is 1.65. The molecule has 0 N–H and O–H groups in total. The van der Waals surface area contributed by atoms with E-state index in [0.717, 1.165) is 43.2 Å². The van der Waals surface area contributed by atoms with Crippen LogP contribution < -0.4 is 0 Å². The van der Waals surface area contributed by atoms with Crippen molar-refractivity contribution in [1.29, 1.82) is 0 Å². The van der Waals surface area contributed by atoms with Crippen LogP contribution in [-0.4, -0.2) is 27.0 Å². The first kappa shape index (κ1) is 17.4. The van der Waals surface area contributed by atoms with Crippen molar-refractivity contribution >= 4 is 32.7 Å². The van der Waals surface area contributed by atoms with Crippen molar-refractivity contribution in [2.75, 3.05) is 7.11 Å². The molecule has 0 amide bonds. The molecule has 1 aromatic carbocycles. The zero-order valence-electron chi connectivity index (χ0n) is 14.8. The molecule has 0 aliphatic rings. The van der Waals surface area contributed by atoms with Gasteiger partial charge in [-0.05, 0) is 36.8 Å². The van der Waals surface area contributed by atoms with Gasteiger partial charge in [-0.3, -0.25) is 4.98 Å². The number of methoxy groups -OCH3 is 1. The van der Waals surface area contributed by atoms with Crippen molar-refractivity contribution in [3.8, 4) is 10.6 Å². The molecule has 0 atom stereocenters. The quantitative estimate of drug-likeness (QED) is 0.531. The lowest BCUT2D eigenvalue weighted by molar-refractivity contribution is 0.181. The summed E-state index contributed by atoms with van der Waals surface area (Å²) in [5.41, 5.74) is 5.58. The summed E-state index contributed by atoms with van der Waals surface area (Å²) in [4.78, 5) is 19.2. The maximum atomic E-state index is 5.14. The second kappa shape index (κ2) is 7.63. The van der Waals surface area contributed by atoms with Crippen molar-refractivity contribution in [2.45, 2.75) is 27.4 Å². The van der Waals surface area contributed by atoms with E-state index in [-0.39, 0.29) is 0 Å². The van der Waals surface area contributed by atoms with Gasteiger partial charge in [0.15, 0.2) is 0 Å². The number of ether oxygens (including phenoxy) is 1. The van der Waals surface area contributed by atoms with Crippen LogP contribution in [0, 0.1) is 6.92 Å². The number of benzene rings is 1. The first-order valence-electron chi connectivity index (χ1n) is 8.22. The Balaban J connectivity index is 0.000000880. The molecule has 0 radical (unpaired) electrons. The van der Waals surface area contributed by atoms with Gasteiger partial charge in [0.1, 0.15) is 15.4 Å². The fourth-order valence-electron chi connectivity index (χ4n) is 2.57. The normalized spacial score (nSPS) is 10.7. The molecule has 6 heteroatoms. The maximum Gasteiger partial charge on any atom is 0.143 e. The van der Waals surface area contributed by atoms with Crippen molar-refractivity contribution in [3.05, 3.63) is 47.9 Å². The molecule has 0 fully saturated rings. The first-order chi connectivity index (χ1) is 12.2. The third kappa shape index (κ3) is 3.50. The molecule has 4 rings (SSSR count). The summed E-state index contributed by atoms with van der Waals surface area (Å²) in [5, 5.41) is 0.918. The summed E-state index contributed by atoms with van der Waals surface area (Å²) >= 11 is 1.57. The molecule has 128 valence electrons. The zero-order valence-corrected chi connectivity index (χ0v) is 15.6. The smallest absolute Gasteiger partial charge is 0.143 e. The lowest BCUT2D eigenvalue weighted by Gasteiger charge is -2.06. The molecule has 0 aliphatic heterocycles. The Labute approximate surface area is 150 Å². The molecule has 0 aliphatic carbocycles. The van der Waals surface area contributed by atoms with Crippen LogP contribution in [0.5, 0.6) is 0 Å². The number of rotatable bonds is 3. The summed E-state index contributed by atoms with van der Waals surface area (Å²) in [6, 6.07) is 8.01. The molecule has 0 spiro atoms. The van der Waals surface area contributed by atoms with Gasteiger partial charge in [-0.25, -0.2) is 15.0 Å². The predicted molar refractivity (Wildman–Crippen MR) is 103 cm³/mol. The summed E-state index contributed by atoms with van der Waals surface area (Å²) in [6.07, 6.45) is 3.55. The van der Waals surface area contributed by atoms with Gasteiger partial charge in [0, 0.05) is 18.9 Å². The minimum atomic E-state index is 0.456. The Morgan fingerprint density at radius 2 is 1.92 bits per heavy atom. The van der Waals surface area contributed by atoms with E-state index in [1.54, 1.807) is 30.8 Å². The van der Waals surface area contributed by atoms with Crippen LogP contribution in [0.4, 0.5) is 0 Å². The van der Waals surface area contributed by atoms with Crippen molar-refractivity contribution < 1.29 is 4.74 Å². The van der Waals surface area contributed by atoms with Crippen LogP contribution in [-0.2, 0) is 11.3 Å². The topological polar surface area (TPSA) is 60.8 Å². The summed E-state index contributed by atoms with van der Waals surface area (Å²) in [6.45, 7) is 6.51. The molecular weight excluding hydrogens is 332 g/mol. The van der Waals surface area contributed by atoms with Gasteiger partial charge >= 0.3 is 0 Å². The number of hydrogen-bond acceptors (Lipinski definition) is 6. The maximum absolute atomic E-state index is 5.14. The van der Waals surface area contributed by atoms with E-state index in [2.05, 4.69) is 27.9 Å². The third-order valence-electron chi connectivity index (χ3n) is 3.53. The van der Waals surface area contributed by atoms with Crippen molar-refractivity contribution in [3.63, 3.8) is 0 Å². The monoisotopic (exact) mass is 352 g/mol. The number of aryl methyl sites for hydroxylation is 1. The molecular formula is C19H20N4OS. The van der Waals surface area contributed by atoms with E-state index in [4.69, 9.17) is 9.72 Å². The third-order valence-corrected chi connectivity index (χ3v) is 4.54. The molecule has 0 bridgehead atoms. The number of pyridine rings is 1. The fraction of sp³-hybridized carbons (Fsp3) is 0.263. The molecule has 0 saturated heterocycles. The van der Waals surface area contributed by atoms with Crippen molar-refractivity contribution in [1.82, 2.24) is 19.9 Å². The van der Waals surface area contributed by atoms with Crippen molar-refractivity contribution in [2.24, 2.45) is 0 Å². The van der Waals surface area contributed by atoms with Gasteiger partial charge in [0.2, 0.25) is 0 Å².